The second kappa shape index (κ2) is 14.6. The predicted octanol–water partition coefficient (Wildman–Crippen LogP) is 4.88. The van der Waals surface area contributed by atoms with Crippen molar-refractivity contribution in [2.24, 2.45) is 4.99 Å². The Morgan fingerprint density at radius 2 is 1.75 bits per heavy atom. The molecule has 15 heteroatoms. The minimum atomic E-state index is -1.12. The fraction of sp³-hybridized carbons (Fsp3) is 0.243. The van der Waals surface area contributed by atoms with Gasteiger partial charge in [-0.1, -0.05) is 59.6 Å². The fourth-order valence-electron chi connectivity index (χ4n) is 6.43. The number of carbonyl (C=O) groups is 2. The van der Waals surface area contributed by atoms with E-state index in [-0.39, 0.29) is 43.0 Å². The SMILES string of the molecule is COc1nc(-c2cccc(-c3cccc(-c4ccn5c(=O)c(C6=NCC(O)CN6)cnc5c4)c3Cl)c2Cl)ccc1CN(CC1CCC(=O)N1)C(=O)O. The number of fused-ring (bicyclic) bond motifs is 1. The number of carbonyl (C=O) groups excluding carboxylic acids is 1. The summed E-state index contributed by atoms with van der Waals surface area (Å²) in [7, 11) is 1.47. The number of benzene rings is 2. The Labute approximate surface area is 307 Å². The second-order valence-corrected chi connectivity index (χ2v) is 13.3. The molecule has 2 unspecified atom stereocenters. The Bertz CT molecular complexity index is 2310. The molecule has 2 amide bonds. The van der Waals surface area contributed by atoms with Gasteiger partial charge in [0.05, 0.1) is 42.0 Å². The van der Waals surface area contributed by atoms with Crippen LogP contribution in [0.2, 0.25) is 10.0 Å². The van der Waals surface area contributed by atoms with Crippen molar-refractivity contribution in [3.63, 3.8) is 0 Å². The predicted molar refractivity (Wildman–Crippen MR) is 197 cm³/mol. The quantitative estimate of drug-likeness (QED) is 0.165. The summed E-state index contributed by atoms with van der Waals surface area (Å²) in [6.45, 7) is 0.678. The molecule has 2 aliphatic heterocycles. The van der Waals surface area contributed by atoms with Gasteiger partial charge in [-0.2, -0.15) is 0 Å². The molecule has 0 spiro atoms. The van der Waals surface area contributed by atoms with E-state index < -0.39 is 12.2 Å². The van der Waals surface area contributed by atoms with Crippen molar-refractivity contribution >= 4 is 46.7 Å². The monoisotopic (exact) mass is 741 g/mol. The third-order valence-electron chi connectivity index (χ3n) is 9.09. The van der Waals surface area contributed by atoms with E-state index in [1.807, 2.05) is 36.4 Å². The van der Waals surface area contributed by atoms with E-state index in [2.05, 4.69) is 25.6 Å². The van der Waals surface area contributed by atoms with Crippen LogP contribution in [0, 0.1) is 0 Å². The molecule has 4 N–H and O–H groups in total. The van der Waals surface area contributed by atoms with Gasteiger partial charge < -0.3 is 30.5 Å². The van der Waals surface area contributed by atoms with Gasteiger partial charge in [0.15, 0.2) is 0 Å². The number of amides is 2. The number of aliphatic imine (C=N–C) groups is 1. The van der Waals surface area contributed by atoms with Gasteiger partial charge in [0.1, 0.15) is 17.0 Å². The lowest BCUT2D eigenvalue weighted by atomic mass is 9.97. The van der Waals surface area contributed by atoms with Crippen LogP contribution in [-0.4, -0.2) is 86.2 Å². The molecule has 3 aromatic heterocycles. The zero-order valence-electron chi connectivity index (χ0n) is 27.8. The molecule has 2 atom stereocenters. The summed E-state index contributed by atoms with van der Waals surface area (Å²) in [5.74, 6) is 0.563. The molecule has 1 fully saturated rings. The molecule has 0 bridgehead atoms. The second-order valence-electron chi connectivity index (χ2n) is 12.5. The molecule has 266 valence electrons. The van der Waals surface area contributed by atoms with E-state index in [0.29, 0.717) is 80.0 Å². The highest BCUT2D eigenvalue weighted by Crippen LogP contribution is 2.42. The van der Waals surface area contributed by atoms with Crippen LogP contribution in [0.25, 0.3) is 39.2 Å². The minimum absolute atomic E-state index is 0.0198. The molecule has 52 heavy (non-hydrogen) atoms. The Morgan fingerprint density at radius 3 is 2.42 bits per heavy atom. The molecule has 5 aromatic rings. The highest BCUT2D eigenvalue weighted by atomic mass is 35.5. The zero-order valence-corrected chi connectivity index (χ0v) is 29.4. The van der Waals surface area contributed by atoms with Gasteiger partial charge in [-0.3, -0.25) is 19.0 Å². The van der Waals surface area contributed by atoms with Crippen LogP contribution in [0.5, 0.6) is 5.88 Å². The number of rotatable bonds is 9. The lowest BCUT2D eigenvalue weighted by Crippen LogP contribution is -2.42. The summed E-state index contributed by atoms with van der Waals surface area (Å²) in [6.07, 6.45) is 2.35. The topological polar surface area (TPSA) is 171 Å². The summed E-state index contributed by atoms with van der Waals surface area (Å²) < 4.78 is 7.02. The summed E-state index contributed by atoms with van der Waals surface area (Å²) in [5.41, 5.74) is 4.91. The maximum atomic E-state index is 13.3. The maximum Gasteiger partial charge on any atom is 0.407 e. The van der Waals surface area contributed by atoms with Crippen LogP contribution in [0.4, 0.5) is 4.79 Å². The number of halogens is 2. The molecule has 0 saturated carbocycles. The summed E-state index contributed by atoms with van der Waals surface area (Å²) in [4.78, 5) is 51.7. The van der Waals surface area contributed by atoms with Crippen LogP contribution < -0.4 is 20.9 Å². The van der Waals surface area contributed by atoms with Crippen molar-refractivity contribution < 1.29 is 24.5 Å². The lowest BCUT2D eigenvalue weighted by Gasteiger charge is -2.23. The molecule has 2 aliphatic rings. The first-order valence-corrected chi connectivity index (χ1v) is 17.2. The van der Waals surface area contributed by atoms with Crippen molar-refractivity contribution in [2.75, 3.05) is 26.7 Å². The van der Waals surface area contributed by atoms with Gasteiger partial charge >= 0.3 is 6.09 Å². The highest BCUT2D eigenvalue weighted by Gasteiger charge is 2.26. The Balaban J connectivity index is 1.17. The van der Waals surface area contributed by atoms with Crippen molar-refractivity contribution in [3.8, 4) is 39.4 Å². The zero-order chi connectivity index (χ0) is 36.5. The number of hydrogen-bond donors (Lipinski definition) is 4. The number of nitrogens with zero attached hydrogens (tertiary/aromatic N) is 5. The van der Waals surface area contributed by atoms with Gasteiger partial charge in [-0.15, -0.1) is 0 Å². The number of aliphatic hydroxyl groups excluding tert-OH is 1. The molecule has 13 nitrogen and oxygen atoms in total. The number of amidine groups is 1. The van der Waals surface area contributed by atoms with E-state index in [1.165, 1.54) is 22.6 Å². The number of nitrogens with one attached hydrogen (secondary N) is 2. The molecular formula is C37H33Cl2N7O6. The van der Waals surface area contributed by atoms with Crippen molar-refractivity contribution in [3.05, 3.63) is 105 Å². The van der Waals surface area contributed by atoms with Gasteiger partial charge in [-0.25, -0.2) is 14.8 Å². The average Bonchev–Trinajstić information content (AvgIpc) is 3.56. The lowest BCUT2D eigenvalue weighted by molar-refractivity contribution is -0.119. The molecule has 0 aliphatic carbocycles. The minimum Gasteiger partial charge on any atom is -0.481 e. The normalized spacial score (nSPS) is 17.0. The largest absolute Gasteiger partial charge is 0.481 e. The first-order valence-electron chi connectivity index (χ1n) is 16.5. The van der Waals surface area contributed by atoms with E-state index in [9.17, 15) is 24.6 Å². The number of hydrogen-bond acceptors (Lipinski definition) is 9. The molecule has 5 heterocycles. The maximum absolute atomic E-state index is 13.3. The summed E-state index contributed by atoms with van der Waals surface area (Å²) in [6, 6.07) is 18.0. The first kappa shape index (κ1) is 34.9. The fourth-order valence-corrected chi connectivity index (χ4v) is 7.09. The van der Waals surface area contributed by atoms with Gasteiger partial charge in [0, 0.05) is 65.8 Å². The number of pyridine rings is 2. The van der Waals surface area contributed by atoms with Gasteiger partial charge in [0.25, 0.3) is 5.56 Å². The van der Waals surface area contributed by atoms with E-state index >= 15 is 0 Å². The number of β-amino-alcohol motifs (C(OH)–C–C–N with tert-alkyl or cyclic N) is 1. The van der Waals surface area contributed by atoms with Crippen molar-refractivity contribution in [1.29, 1.82) is 0 Å². The number of aliphatic hydroxyl groups is 1. The third-order valence-corrected chi connectivity index (χ3v) is 9.91. The van der Waals surface area contributed by atoms with Crippen molar-refractivity contribution in [1.82, 2.24) is 29.9 Å². The van der Waals surface area contributed by atoms with E-state index in [0.717, 1.165) is 5.56 Å². The molecule has 2 aromatic carbocycles. The third kappa shape index (κ3) is 6.90. The number of methoxy groups -OCH3 is 1. The molecule has 1 saturated heterocycles. The van der Waals surface area contributed by atoms with Crippen LogP contribution in [0.15, 0.2) is 82.8 Å². The average molecular weight is 743 g/mol. The Morgan fingerprint density at radius 1 is 1.02 bits per heavy atom. The standard InChI is InChI=1S/C37H33Cl2N7O6/c1-52-35-21(18-45(37(50)51)19-22-9-11-31(48)43-22)8-10-29(44-35)27-7-3-6-26(33(27)39)25-5-2-4-24(32(25)38)20-12-13-46-30(14-20)40-17-28(36(46)49)34-41-15-23(47)16-42-34/h2-8,10,12-14,17,22-23,47H,9,11,15-16,18-19H2,1H3,(H,41,42)(H,43,48)(H,50,51). The van der Waals surface area contributed by atoms with Gasteiger partial charge in [0.2, 0.25) is 11.8 Å². The van der Waals surface area contributed by atoms with Gasteiger partial charge in [-0.05, 0) is 36.2 Å². The van der Waals surface area contributed by atoms with Crippen LogP contribution >= 0.6 is 23.2 Å². The molecule has 7 rings (SSSR count). The number of aromatic nitrogens is 3. The van der Waals surface area contributed by atoms with Crippen LogP contribution in [0.1, 0.15) is 24.0 Å². The highest BCUT2D eigenvalue weighted by molar-refractivity contribution is 6.39. The summed E-state index contributed by atoms with van der Waals surface area (Å²) >= 11 is 14.1. The van der Waals surface area contributed by atoms with E-state index in [1.54, 1.807) is 30.5 Å². The Hall–Kier alpha value is -5.50. The Kier molecular flexibility index (Phi) is 9.82. The molecule has 0 radical (unpaired) electrons. The number of ether oxygens (including phenoxy) is 1. The summed E-state index contributed by atoms with van der Waals surface area (Å²) in [5, 5.41) is 26.2. The van der Waals surface area contributed by atoms with Crippen LogP contribution in [0.3, 0.4) is 0 Å². The number of carboxylic acid groups (broad SMARTS) is 1. The van der Waals surface area contributed by atoms with Crippen LogP contribution in [-0.2, 0) is 11.3 Å². The van der Waals surface area contributed by atoms with Crippen molar-refractivity contribution in [2.45, 2.75) is 31.5 Å². The smallest absolute Gasteiger partial charge is 0.407 e. The van der Waals surface area contributed by atoms with E-state index in [4.69, 9.17) is 27.9 Å². The molecular weight excluding hydrogens is 709 g/mol. The first-order chi connectivity index (χ1) is 25.1.